The molecule has 78 valence electrons. The molecule has 2 nitrogen and oxygen atoms in total. The lowest BCUT2D eigenvalue weighted by molar-refractivity contribution is 0.724. The zero-order valence-electron chi connectivity index (χ0n) is 8.24. The monoisotopic (exact) mass is 230 g/mol. The molecule has 0 radical (unpaired) electrons. The quantitative estimate of drug-likeness (QED) is 0.791. The Bertz CT molecular complexity index is 281. The van der Waals surface area contributed by atoms with Crippen molar-refractivity contribution in [2.45, 2.75) is 25.1 Å². The lowest BCUT2D eigenvalue weighted by Gasteiger charge is -2.07. The molecule has 4 heteroatoms. The first-order valence-electron chi connectivity index (χ1n) is 4.67. The van der Waals surface area contributed by atoms with E-state index in [0.717, 1.165) is 23.6 Å². The molecule has 1 unspecified atom stereocenters. The molecule has 0 saturated heterocycles. The zero-order valence-corrected chi connectivity index (χ0v) is 9.81. The van der Waals surface area contributed by atoms with Gasteiger partial charge < -0.3 is 5.73 Å². The second-order valence-corrected chi connectivity index (χ2v) is 4.55. The molecule has 0 aliphatic heterocycles. The first-order valence-corrected chi connectivity index (χ1v) is 6.20. The second-order valence-electron chi connectivity index (χ2n) is 3.14. The minimum Gasteiger partial charge on any atom is -0.327 e. The Morgan fingerprint density at radius 3 is 3.00 bits per heavy atom. The van der Waals surface area contributed by atoms with Crippen molar-refractivity contribution in [3.8, 4) is 0 Å². The van der Waals surface area contributed by atoms with Crippen LogP contribution >= 0.6 is 23.4 Å². The SMILES string of the molecule is CCC(N)CSCc1cccc(Cl)n1. The third-order valence-corrected chi connectivity index (χ3v) is 3.25. The molecule has 14 heavy (non-hydrogen) atoms. The molecule has 1 heterocycles. The molecule has 0 spiro atoms. The Hall–Kier alpha value is -0.250. The van der Waals surface area contributed by atoms with Gasteiger partial charge in [0.25, 0.3) is 0 Å². The van der Waals surface area contributed by atoms with Gasteiger partial charge in [-0.3, -0.25) is 0 Å². The molecule has 0 aliphatic carbocycles. The minimum atomic E-state index is 0.291. The molecule has 1 aromatic rings. The fourth-order valence-corrected chi connectivity index (χ4v) is 2.17. The second kappa shape index (κ2) is 6.27. The number of halogens is 1. The molecule has 1 rings (SSSR count). The summed E-state index contributed by atoms with van der Waals surface area (Å²) >= 11 is 7.57. The highest BCUT2D eigenvalue weighted by atomic mass is 35.5. The molecule has 2 N–H and O–H groups in total. The van der Waals surface area contributed by atoms with Gasteiger partial charge in [-0.25, -0.2) is 4.98 Å². The van der Waals surface area contributed by atoms with Crippen LogP contribution in [0.25, 0.3) is 0 Å². The van der Waals surface area contributed by atoms with Gasteiger partial charge in [0.05, 0.1) is 5.69 Å². The van der Waals surface area contributed by atoms with Crippen LogP contribution < -0.4 is 5.73 Å². The van der Waals surface area contributed by atoms with Crippen molar-refractivity contribution in [2.75, 3.05) is 5.75 Å². The molecule has 0 aliphatic rings. The van der Waals surface area contributed by atoms with Gasteiger partial charge in [-0.2, -0.15) is 11.8 Å². The summed E-state index contributed by atoms with van der Waals surface area (Å²) in [6, 6.07) is 5.98. The highest BCUT2D eigenvalue weighted by Crippen LogP contribution is 2.13. The van der Waals surface area contributed by atoms with E-state index in [2.05, 4.69) is 11.9 Å². The predicted octanol–water partition coefficient (Wildman–Crippen LogP) is 2.71. The standard InChI is InChI=1S/C10H15ClN2S/c1-2-8(12)6-14-7-9-4-3-5-10(11)13-9/h3-5,8H,2,6-7,12H2,1H3. The van der Waals surface area contributed by atoms with Crippen molar-refractivity contribution >= 4 is 23.4 Å². The Kier molecular flexibility index (Phi) is 5.30. The van der Waals surface area contributed by atoms with Gasteiger partial charge in [-0.05, 0) is 18.6 Å². The molecule has 0 fully saturated rings. The third-order valence-electron chi connectivity index (χ3n) is 1.88. The first-order chi connectivity index (χ1) is 6.72. The van der Waals surface area contributed by atoms with Crippen LogP contribution in [0.4, 0.5) is 0 Å². The maximum atomic E-state index is 5.80. The largest absolute Gasteiger partial charge is 0.327 e. The van der Waals surface area contributed by atoms with Crippen molar-refractivity contribution in [3.63, 3.8) is 0 Å². The molecule has 1 atom stereocenters. The van der Waals surface area contributed by atoms with Gasteiger partial charge >= 0.3 is 0 Å². The van der Waals surface area contributed by atoms with Crippen LogP contribution in [0.2, 0.25) is 5.15 Å². The van der Waals surface area contributed by atoms with Gasteiger partial charge in [0.15, 0.2) is 0 Å². The number of pyridine rings is 1. The fraction of sp³-hybridized carbons (Fsp3) is 0.500. The molecule has 1 aromatic heterocycles. The van der Waals surface area contributed by atoms with Crippen LogP contribution in [0.3, 0.4) is 0 Å². The van der Waals surface area contributed by atoms with Crippen LogP contribution in [0, 0.1) is 0 Å². The van der Waals surface area contributed by atoms with E-state index in [9.17, 15) is 0 Å². The van der Waals surface area contributed by atoms with Gasteiger partial charge in [0.1, 0.15) is 5.15 Å². The van der Waals surface area contributed by atoms with Crippen LogP contribution in [0.1, 0.15) is 19.0 Å². The van der Waals surface area contributed by atoms with E-state index in [1.165, 1.54) is 0 Å². The summed E-state index contributed by atoms with van der Waals surface area (Å²) in [4.78, 5) is 4.20. The van der Waals surface area contributed by atoms with E-state index in [1.54, 1.807) is 17.8 Å². The summed E-state index contributed by atoms with van der Waals surface area (Å²) in [6.45, 7) is 2.10. The Morgan fingerprint density at radius 2 is 2.36 bits per heavy atom. The minimum absolute atomic E-state index is 0.291. The molecule has 0 amide bonds. The van der Waals surface area contributed by atoms with Crippen LogP contribution in [-0.2, 0) is 5.75 Å². The smallest absolute Gasteiger partial charge is 0.129 e. The Balaban J connectivity index is 2.31. The number of thioether (sulfide) groups is 1. The summed E-state index contributed by atoms with van der Waals surface area (Å²) in [5, 5.41) is 0.558. The van der Waals surface area contributed by atoms with Gasteiger partial charge in [0, 0.05) is 17.5 Å². The summed E-state index contributed by atoms with van der Waals surface area (Å²) in [5.74, 6) is 1.86. The summed E-state index contributed by atoms with van der Waals surface area (Å²) in [7, 11) is 0. The van der Waals surface area contributed by atoms with Crippen molar-refractivity contribution in [1.82, 2.24) is 4.98 Å². The van der Waals surface area contributed by atoms with E-state index in [0.29, 0.717) is 11.2 Å². The van der Waals surface area contributed by atoms with Crippen LogP contribution in [0.15, 0.2) is 18.2 Å². The van der Waals surface area contributed by atoms with E-state index in [1.807, 2.05) is 12.1 Å². The Labute approximate surface area is 94.2 Å². The summed E-state index contributed by atoms with van der Waals surface area (Å²) < 4.78 is 0. The highest BCUT2D eigenvalue weighted by Gasteiger charge is 2.00. The van der Waals surface area contributed by atoms with Gasteiger partial charge in [-0.15, -0.1) is 0 Å². The van der Waals surface area contributed by atoms with Crippen molar-refractivity contribution in [2.24, 2.45) is 5.73 Å². The highest BCUT2D eigenvalue weighted by molar-refractivity contribution is 7.98. The zero-order chi connectivity index (χ0) is 10.4. The number of nitrogens with zero attached hydrogens (tertiary/aromatic N) is 1. The van der Waals surface area contributed by atoms with E-state index >= 15 is 0 Å². The first kappa shape index (κ1) is 11.8. The van der Waals surface area contributed by atoms with Crippen molar-refractivity contribution < 1.29 is 0 Å². The summed E-state index contributed by atoms with van der Waals surface area (Å²) in [5.41, 5.74) is 6.82. The van der Waals surface area contributed by atoms with Gasteiger partial charge in [-0.1, -0.05) is 24.6 Å². The number of aromatic nitrogens is 1. The van der Waals surface area contributed by atoms with E-state index < -0.39 is 0 Å². The molecule has 0 bridgehead atoms. The topological polar surface area (TPSA) is 38.9 Å². The third kappa shape index (κ3) is 4.31. The van der Waals surface area contributed by atoms with E-state index in [-0.39, 0.29) is 0 Å². The number of nitrogens with two attached hydrogens (primary N) is 1. The van der Waals surface area contributed by atoms with Crippen molar-refractivity contribution in [3.05, 3.63) is 29.0 Å². The molecular weight excluding hydrogens is 216 g/mol. The van der Waals surface area contributed by atoms with Crippen LogP contribution in [0.5, 0.6) is 0 Å². The number of hydrogen-bond acceptors (Lipinski definition) is 3. The lowest BCUT2D eigenvalue weighted by Crippen LogP contribution is -2.21. The maximum absolute atomic E-state index is 5.80. The lowest BCUT2D eigenvalue weighted by atomic mass is 10.3. The predicted molar refractivity (Wildman–Crippen MR) is 63.7 cm³/mol. The summed E-state index contributed by atoms with van der Waals surface area (Å²) in [6.07, 6.45) is 1.02. The molecular formula is C10H15ClN2S. The molecule has 0 saturated carbocycles. The number of hydrogen-bond donors (Lipinski definition) is 1. The molecule has 0 aromatic carbocycles. The Morgan fingerprint density at radius 1 is 1.57 bits per heavy atom. The number of rotatable bonds is 5. The average molecular weight is 231 g/mol. The van der Waals surface area contributed by atoms with E-state index in [4.69, 9.17) is 17.3 Å². The van der Waals surface area contributed by atoms with Crippen LogP contribution in [-0.4, -0.2) is 16.8 Å². The normalized spacial score (nSPS) is 12.8. The van der Waals surface area contributed by atoms with Gasteiger partial charge in [0.2, 0.25) is 0 Å². The fourth-order valence-electron chi connectivity index (χ4n) is 0.963. The van der Waals surface area contributed by atoms with Crippen molar-refractivity contribution in [1.29, 1.82) is 0 Å². The maximum Gasteiger partial charge on any atom is 0.129 e. The average Bonchev–Trinajstić information content (AvgIpc) is 2.17.